The van der Waals surface area contributed by atoms with E-state index in [1.54, 1.807) is 0 Å². The average molecular weight is 219 g/mol. The van der Waals surface area contributed by atoms with E-state index in [2.05, 4.69) is 5.32 Å². The van der Waals surface area contributed by atoms with Crippen LogP contribution in [-0.4, -0.2) is 11.7 Å². The van der Waals surface area contributed by atoms with Crippen LogP contribution in [-0.2, 0) is 4.79 Å². The zero-order valence-electron chi connectivity index (χ0n) is 10.4. The Kier molecular flexibility index (Phi) is 3.48. The molecule has 0 bridgehead atoms. The van der Waals surface area contributed by atoms with Crippen LogP contribution in [0.1, 0.15) is 40.9 Å². The third-order valence-electron chi connectivity index (χ3n) is 2.72. The van der Waals surface area contributed by atoms with Crippen LogP contribution in [0.15, 0.2) is 6.07 Å². The summed E-state index contributed by atoms with van der Waals surface area (Å²) in [7, 11) is 0. The quantitative estimate of drug-likeness (QED) is 0.682. The number of rotatable bonds is 0. The Morgan fingerprint density at radius 2 is 1.56 bits per heavy atom. The lowest BCUT2D eigenvalue weighted by atomic mass is 9.97. The monoisotopic (exact) mass is 219 g/mol. The van der Waals surface area contributed by atoms with Gasteiger partial charge in [-0.2, -0.15) is 0 Å². The predicted octanol–water partition coefficient (Wildman–Crippen LogP) is 2.77. The Morgan fingerprint density at radius 3 is 2.12 bits per heavy atom. The fraction of sp³-hybridized carbons (Fsp3) is 0.385. The number of hydrogen-bond acceptors (Lipinski definition) is 2. The summed E-state index contributed by atoms with van der Waals surface area (Å²) in [6.45, 7) is 9.70. The molecule has 0 unspecified atom stereocenters. The average Bonchev–Trinajstić information content (AvgIpc) is 2.56. The highest BCUT2D eigenvalue weighted by atomic mass is 16.2. The van der Waals surface area contributed by atoms with E-state index >= 15 is 0 Å². The number of Topliss-reactive ketones (excluding diaryl/α,β-unsaturated/α-hetero) is 1. The first-order valence-corrected chi connectivity index (χ1v) is 5.49. The van der Waals surface area contributed by atoms with Gasteiger partial charge in [0, 0.05) is 0 Å². The van der Waals surface area contributed by atoms with Gasteiger partial charge >= 0.3 is 0 Å². The Morgan fingerprint density at radius 1 is 1.00 bits per heavy atom. The largest absolute Gasteiger partial charge is 0.318 e. The molecule has 3 heteroatoms. The van der Waals surface area contributed by atoms with E-state index in [1.165, 1.54) is 0 Å². The van der Waals surface area contributed by atoms with Crippen LogP contribution >= 0.6 is 0 Å². The first-order chi connectivity index (χ1) is 7.52. The highest BCUT2D eigenvalue weighted by Crippen LogP contribution is 2.31. The van der Waals surface area contributed by atoms with Crippen LogP contribution in [0.2, 0.25) is 0 Å². The van der Waals surface area contributed by atoms with Gasteiger partial charge in [0.15, 0.2) is 0 Å². The number of hydrogen-bond donors (Lipinski definition) is 1. The lowest BCUT2D eigenvalue weighted by Gasteiger charge is -2.08. The molecule has 0 fully saturated rings. The highest BCUT2D eigenvalue weighted by molar-refractivity contribution is 6.52. The molecule has 0 aromatic heterocycles. The Labute approximate surface area is 95.9 Å². The van der Waals surface area contributed by atoms with Crippen molar-refractivity contribution in [3.63, 3.8) is 0 Å². The second-order valence-corrected chi connectivity index (χ2v) is 3.67. The van der Waals surface area contributed by atoms with Gasteiger partial charge in [-0.3, -0.25) is 9.59 Å². The van der Waals surface area contributed by atoms with Crippen LogP contribution in [0, 0.1) is 20.8 Å². The van der Waals surface area contributed by atoms with E-state index in [-0.39, 0.29) is 0 Å². The zero-order valence-corrected chi connectivity index (χ0v) is 10.4. The summed E-state index contributed by atoms with van der Waals surface area (Å²) in [6.07, 6.45) is 0. The second kappa shape index (κ2) is 4.47. The highest BCUT2D eigenvalue weighted by Gasteiger charge is 2.31. The van der Waals surface area contributed by atoms with Crippen LogP contribution < -0.4 is 5.32 Å². The first-order valence-electron chi connectivity index (χ1n) is 5.49. The summed E-state index contributed by atoms with van der Waals surface area (Å²) in [5.74, 6) is -0.930. The normalized spacial score (nSPS) is 12.8. The van der Waals surface area contributed by atoms with Crippen molar-refractivity contribution in [2.75, 3.05) is 5.32 Å². The van der Waals surface area contributed by atoms with E-state index in [0.29, 0.717) is 11.3 Å². The van der Waals surface area contributed by atoms with Crippen molar-refractivity contribution < 1.29 is 9.59 Å². The number of ketones is 1. The molecule has 0 saturated carbocycles. The molecular weight excluding hydrogens is 202 g/mol. The van der Waals surface area contributed by atoms with Gasteiger partial charge in [-0.1, -0.05) is 19.9 Å². The maximum absolute atomic E-state index is 11.5. The minimum Gasteiger partial charge on any atom is -0.318 e. The van der Waals surface area contributed by atoms with Gasteiger partial charge in [0.05, 0.1) is 11.3 Å². The number of fused-ring (bicyclic) bond motifs is 1. The van der Waals surface area contributed by atoms with Crippen molar-refractivity contribution in [1.82, 2.24) is 0 Å². The molecule has 0 atom stereocenters. The molecule has 3 nitrogen and oxygen atoms in total. The summed E-state index contributed by atoms with van der Waals surface area (Å²) in [6, 6.07) is 1.98. The minimum absolute atomic E-state index is 0.413. The minimum atomic E-state index is -0.517. The lowest BCUT2D eigenvalue weighted by molar-refractivity contribution is -0.112. The Balaban J connectivity index is 0.000000606. The van der Waals surface area contributed by atoms with E-state index in [9.17, 15) is 9.59 Å². The molecule has 1 heterocycles. The number of benzene rings is 1. The SMILES string of the molecule is CC.Cc1cc(C)c2c(c1C)C(=O)C(=O)N2. The van der Waals surface area contributed by atoms with Crippen LogP contribution in [0.25, 0.3) is 0 Å². The summed E-state index contributed by atoms with van der Waals surface area (Å²) in [5.41, 5.74) is 4.12. The van der Waals surface area contributed by atoms with Crippen molar-refractivity contribution in [3.05, 3.63) is 28.3 Å². The first kappa shape index (κ1) is 12.4. The van der Waals surface area contributed by atoms with E-state index in [0.717, 1.165) is 16.7 Å². The molecule has 2 rings (SSSR count). The van der Waals surface area contributed by atoms with Crippen molar-refractivity contribution in [2.45, 2.75) is 34.6 Å². The summed E-state index contributed by atoms with van der Waals surface area (Å²) >= 11 is 0. The number of nitrogens with one attached hydrogen (secondary N) is 1. The van der Waals surface area contributed by atoms with Gasteiger partial charge in [0.25, 0.3) is 11.7 Å². The third kappa shape index (κ3) is 1.73. The molecule has 1 amide bonds. The van der Waals surface area contributed by atoms with Crippen LogP contribution in [0.3, 0.4) is 0 Å². The van der Waals surface area contributed by atoms with Crippen molar-refractivity contribution in [1.29, 1.82) is 0 Å². The van der Waals surface area contributed by atoms with Gasteiger partial charge < -0.3 is 5.32 Å². The van der Waals surface area contributed by atoms with Crippen LogP contribution in [0.5, 0.6) is 0 Å². The van der Waals surface area contributed by atoms with Crippen molar-refractivity contribution >= 4 is 17.4 Å². The third-order valence-corrected chi connectivity index (χ3v) is 2.72. The molecule has 1 aromatic rings. The molecule has 1 N–H and O–H groups in total. The summed E-state index contributed by atoms with van der Waals surface area (Å²) in [4.78, 5) is 22.7. The topological polar surface area (TPSA) is 46.2 Å². The maximum Gasteiger partial charge on any atom is 0.296 e. The van der Waals surface area contributed by atoms with Crippen LogP contribution in [0.4, 0.5) is 5.69 Å². The van der Waals surface area contributed by atoms with Gasteiger partial charge in [0.2, 0.25) is 0 Å². The zero-order chi connectivity index (χ0) is 12.5. The van der Waals surface area contributed by atoms with E-state index in [1.807, 2.05) is 40.7 Å². The number of aryl methyl sites for hydroxylation is 2. The Hall–Kier alpha value is -1.64. The molecular formula is C13H17NO2. The summed E-state index contributed by atoms with van der Waals surface area (Å²) < 4.78 is 0. The van der Waals surface area contributed by atoms with Gasteiger partial charge in [-0.15, -0.1) is 0 Å². The predicted molar refractivity (Wildman–Crippen MR) is 65.0 cm³/mol. The van der Waals surface area contributed by atoms with Crippen molar-refractivity contribution in [2.24, 2.45) is 0 Å². The van der Waals surface area contributed by atoms with Crippen molar-refractivity contribution in [3.8, 4) is 0 Å². The molecule has 0 spiro atoms. The molecule has 0 radical (unpaired) electrons. The molecule has 86 valence electrons. The second-order valence-electron chi connectivity index (χ2n) is 3.67. The fourth-order valence-corrected chi connectivity index (χ4v) is 1.82. The smallest absolute Gasteiger partial charge is 0.296 e. The van der Waals surface area contributed by atoms with E-state index < -0.39 is 11.7 Å². The van der Waals surface area contributed by atoms with Gasteiger partial charge in [-0.25, -0.2) is 0 Å². The standard InChI is InChI=1S/C11H11NO2.C2H6/c1-5-4-6(2)9-8(7(5)3)10(13)11(14)12-9;1-2/h4H,1-3H3,(H,12,13,14);1-2H3. The molecule has 1 aliphatic rings. The number of anilines is 1. The number of carbonyl (C=O) groups is 2. The number of amides is 1. The van der Waals surface area contributed by atoms with Gasteiger partial charge in [0.1, 0.15) is 0 Å². The Bertz CT molecular complexity index is 461. The molecule has 16 heavy (non-hydrogen) atoms. The fourth-order valence-electron chi connectivity index (χ4n) is 1.82. The maximum atomic E-state index is 11.5. The number of carbonyl (C=O) groups excluding carboxylic acids is 2. The molecule has 0 saturated heterocycles. The molecule has 1 aromatic carbocycles. The molecule has 0 aliphatic carbocycles. The van der Waals surface area contributed by atoms with Gasteiger partial charge in [-0.05, 0) is 37.5 Å². The molecule has 1 aliphatic heterocycles. The summed E-state index contributed by atoms with van der Waals surface area (Å²) in [5, 5.41) is 2.60. The lowest BCUT2D eigenvalue weighted by Crippen LogP contribution is -2.13. The van der Waals surface area contributed by atoms with E-state index in [4.69, 9.17) is 0 Å².